The fourth-order valence-corrected chi connectivity index (χ4v) is 1.87. The highest BCUT2D eigenvalue weighted by atomic mass is 35.5. The maximum absolute atomic E-state index is 11.7. The predicted octanol–water partition coefficient (Wildman–Crippen LogP) is 1.11. The highest BCUT2D eigenvalue weighted by Gasteiger charge is 2.26. The van der Waals surface area contributed by atoms with Gasteiger partial charge in [0.1, 0.15) is 0 Å². The van der Waals surface area contributed by atoms with Crippen LogP contribution in [0.4, 0.5) is 0 Å². The molecule has 1 fully saturated rings. The van der Waals surface area contributed by atoms with E-state index in [9.17, 15) is 9.59 Å². The molecule has 1 rings (SSSR count). The second-order valence-electron chi connectivity index (χ2n) is 4.04. The van der Waals surface area contributed by atoms with E-state index in [0.29, 0.717) is 11.6 Å². The van der Waals surface area contributed by atoms with Crippen LogP contribution in [0.15, 0.2) is 11.6 Å². The van der Waals surface area contributed by atoms with Gasteiger partial charge < -0.3 is 10.2 Å². The van der Waals surface area contributed by atoms with Crippen molar-refractivity contribution < 1.29 is 9.59 Å². The number of hydrogen-bond acceptors (Lipinski definition) is 2. The lowest BCUT2D eigenvalue weighted by molar-refractivity contribution is -0.133. The van der Waals surface area contributed by atoms with Crippen LogP contribution in [0, 0.1) is 5.92 Å². The van der Waals surface area contributed by atoms with E-state index < -0.39 is 0 Å². The summed E-state index contributed by atoms with van der Waals surface area (Å²) in [6, 6.07) is 0. The van der Waals surface area contributed by atoms with Crippen LogP contribution in [0.1, 0.15) is 19.8 Å². The van der Waals surface area contributed by atoms with Crippen LogP contribution in [0.25, 0.3) is 0 Å². The minimum absolute atomic E-state index is 0.0271. The van der Waals surface area contributed by atoms with Gasteiger partial charge in [0.25, 0.3) is 0 Å². The molecule has 0 bridgehead atoms. The first-order valence-electron chi connectivity index (χ1n) is 5.37. The van der Waals surface area contributed by atoms with Gasteiger partial charge in [-0.3, -0.25) is 9.59 Å². The van der Waals surface area contributed by atoms with Gasteiger partial charge >= 0.3 is 0 Å². The molecule has 0 spiro atoms. The number of piperidine rings is 1. The lowest BCUT2D eigenvalue weighted by Gasteiger charge is -2.31. The second kappa shape index (κ2) is 5.89. The fourth-order valence-electron chi connectivity index (χ4n) is 1.80. The monoisotopic (exact) mass is 244 g/mol. The van der Waals surface area contributed by atoms with E-state index >= 15 is 0 Å². The number of hydrogen-bond donors (Lipinski definition) is 1. The molecule has 0 saturated carbocycles. The van der Waals surface area contributed by atoms with Gasteiger partial charge in [-0.2, -0.15) is 0 Å². The van der Waals surface area contributed by atoms with Gasteiger partial charge in [0.05, 0.1) is 12.5 Å². The SMILES string of the molecule is C=C(Cl)CNC(=O)C1CCCN(C(C)=O)C1. The third kappa shape index (κ3) is 3.85. The number of nitrogens with one attached hydrogen (secondary N) is 1. The van der Waals surface area contributed by atoms with Crippen LogP contribution < -0.4 is 5.32 Å². The summed E-state index contributed by atoms with van der Waals surface area (Å²) in [4.78, 5) is 24.6. The molecule has 0 radical (unpaired) electrons. The van der Waals surface area contributed by atoms with E-state index in [1.54, 1.807) is 4.90 Å². The maximum atomic E-state index is 11.7. The van der Waals surface area contributed by atoms with Gasteiger partial charge in [-0.1, -0.05) is 18.2 Å². The molecule has 1 aliphatic heterocycles. The Labute approximate surface area is 101 Å². The minimum Gasteiger partial charge on any atom is -0.351 e. The largest absolute Gasteiger partial charge is 0.351 e. The standard InChI is InChI=1S/C11H17ClN2O2/c1-8(12)6-13-11(16)10-4-3-5-14(7-10)9(2)15/h10H,1,3-7H2,2H3,(H,13,16). The number of amides is 2. The van der Waals surface area contributed by atoms with Gasteiger partial charge in [-0.25, -0.2) is 0 Å². The molecule has 1 N–H and O–H groups in total. The number of halogens is 1. The summed E-state index contributed by atoms with van der Waals surface area (Å²) in [5.41, 5.74) is 0. The van der Waals surface area contributed by atoms with Crippen molar-refractivity contribution in [2.24, 2.45) is 5.92 Å². The van der Waals surface area contributed by atoms with Gasteiger partial charge in [0.15, 0.2) is 0 Å². The summed E-state index contributed by atoms with van der Waals surface area (Å²) in [5, 5.41) is 3.11. The Bertz CT molecular complexity index is 304. The van der Waals surface area contributed by atoms with Gasteiger partial charge in [0.2, 0.25) is 11.8 Å². The average molecular weight is 245 g/mol. The van der Waals surface area contributed by atoms with Crippen molar-refractivity contribution in [1.29, 1.82) is 0 Å². The second-order valence-corrected chi connectivity index (χ2v) is 4.57. The number of rotatable bonds is 3. The van der Waals surface area contributed by atoms with E-state index in [2.05, 4.69) is 11.9 Å². The normalized spacial score (nSPS) is 20.4. The van der Waals surface area contributed by atoms with Crippen LogP contribution in [0.5, 0.6) is 0 Å². The Morgan fingerprint density at radius 1 is 1.56 bits per heavy atom. The zero-order chi connectivity index (χ0) is 12.1. The lowest BCUT2D eigenvalue weighted by atomic mass is 9.97. The van der Waals surface area contributed by atoms with Gasteiger partial charge in [-0.15, -0.1) is 0 Å². The van der Waals surface area contributed by atoms with Crippen molar-refractivity contribution in [2.75, 3.05) is 19.6 Å². The van der Waals surface area contributed by atoms with Crippen molar-refractivity contribution in [2.45, 2.75) is 19.8 Å². The maximum Gasteiger partial charge on any atom is 0.225 e. The van der Waals surface area contributed by atoms with E-state index in [1.165, 1.54) is 6.92 Å². The number of carbonyl (C=O) groups excluding carboxylic acids is 2. The fraction of sp³-hybridized carbons (Fsp3) is 0.636. The molecular weight excluding hydrogens is 228 g/mol. The lowest BCUT2D eigenvalue weighted by Crippen LogP contribution is -2.44. The smallest absolute Gasteiger partial charge is 0.225 e. The topological polar surface area (TPSA) is 49.4 Å². The molecular formula is C11H17ClN2O2. The van der Waals surface area contributed by atoms with Crippen molar-refractivity contribution in [3.63, 3.8) is 0 Å². The molecule has 2 amide bonds. The van der Waals surface area contributed by atoms with Crippen LogP contribution in [0.3, 0.4) is 0 Å². The molecule has 0 aromatic heterocycles. The van der Waals surface area contributed by atoms with Crippen molar-refractivity contribution in [3.05, 3.63) is 11.6 Å². The first-order chi connectivity index (χ1) is 7.50. The summed E-state index contributed by atoms with van der Waals surface area (Å²) in [6.07, 6.45) is 1.70. The Morgan fingerprint density at radius 3 is 2.81 bits per heavy atom. The molecule has 4 nitrogen and oxygen atoms in total. The third-order valence-electron chi connectivity index (χ3n) is 2.69. The van der Waals surface area contributed by atoms with Crippen molar-refractivity contribution >= 4 is 23.4 Å². The highest BCUT2D eigenvalue weighted by molar-refractivity contribution is 6.29. The number of carbonyl (C=O) groups is 2. The van der Waals surface area contributed by atoms with Crippen LogP contribution in [0.2, 0.25) is 0 Å². The van der Waals surface area contributed by atoms with Crippen LogP contribution >= 0.6 is 11.6 Å². The zero-order valence-electron chi connectivity index (χ0n) is 9.46. The molecule has 0 aromatic carbocycles. The van der Waals surface area contributed by atoms with Gasteiger partial charge in [-0.05, 0) is 12.8 Å². The summed E-state index contributed by atoms with van der Waals surface area (Å²) < 4.78 is 0. The molecule has 1 aliphatic rings. The Hall–Kier alpha value is -1.03. The summed E-state index contributed by atoms with van der Waals surface area (Å²) >= 11 is 5.57. The molecule has 1 saturated heterocycles. The Kier molecular flexibility index (Phi) is 4.80. The molecule has 5 heteroatoms. The van der Waals surface area contributed by atoms with Crippen molar-refractivity contribution in [3.8, 4) is 0 Å². The zero-order valence-corrected chi connectivity index (χ0v) is 10.2. The molecule has 16 heavy (non-hydrogen) atoms. The van der Waals surface area contributed by atoms with Gasteiger partial charge in [0, 0.05) is 25.0 Å². The summed E-state index contributed by atoms with van der Waals surface area (Å²) in [7, 11) is 0. The van der Waals surface area contributed by atoms with E-state index in [-0.39, 0.29) is 24.3 Å². The molecule has 1 heterocycles. The number of likely N-dealkylation sites (tertiary alicyclic amines) is 1. The Balaban J connectivity index is 2.43. The molecule has 90 valence electrons. The minimum atomic E-state index is -0.117. The molecule has 1 atom stereocenters. The van der Waals surface area contributed by atoms with E-state index in [1.807, 2.05) is 0 Å². The van der Waals surface area contributed by atoms with Crippen LogP contribution in [-0.4, -0.2) is 36.3 Å². The average Bonchev–Trinajstić information content (AvgIpc) is 2.26. The first kappa shape index (κ1) is 13.0. The molecule has 0 aromatic rings. The van der Waals surface area contributed by atoms with Crippen LogP contribution in [-0.2, 0) is 9.59 Å². The third-order valence-corrected chi connectivity index (χ3v) is 2.83. The number of nitrogens with zero attached hydrogens (tertiary/aromatic N) is 1. The summed E-state index contributed by atoms with van der Waals surface area (Å²) in [5.74, 6) is -0.138. The highest BCUT2D eigenvalue weighted by Crippen LogP contribution is 2.16. The van der Waals surface area contributed by atoms with E-state index in [0.717, 1.165) is 19.4 Å². The summed E-state index contributed by atoms with van der Waals surface area (Å²) in [6.45, 7) is 6.58. The first-order valence-corrected chi connectivity index (χ1v) is 5.75. The molecule has 0 aliphatic carbocycles. The van der Waals surface area contributed by atoms with Crippen molar-refractivity contribution in [1.82, 2.24) is 10.2 Å². The molecule has 1 unspecified atom stereocenters. The Morgan fingerprint density at radius 2 is 2.25 bits per heavy atom. The predicted molar refractivity (Wildman–Crippen MR) is 63.0 cm³/mol. The van der Waals surface area contributed by atoms with E-state index in [4.69, 9.17) is 11.6 Å². The quantitative estimate of drug-likeness (QED) is 0.809.